The van der Waals surface area contributed by atoms with E-state index in [0.717, 1.165) is 24.5 Å². The normalized spacial score (nSPS) is 10.5. The van der Waals surface area contributed by atoms with Crippen molar-refractivity contribution in [2.24, 2.45) is 0 Å². The number of aliphatic hydroxyl groups excluding tert-OH is 1. The molecule has 12 heavy (non-hydrogen) atoms. The first-order valence-corrected chi connectivity index (χ1v) is 5.37. The minimum Gasteiger partial charge on any atom is -0.388 e. The lowest BCUT2D eigenvalue weighted by molar-refractivity contribution is 0.265. The Hall–Kier alpha value is -0.480. The monoisotopic (exact) mass is 186 g/mol. The van der Waals surface area contributed by atoms with E-state index in [1.54, 1.807) is 6.20 Å². The molecule has 0 spiro atoms. The fourth-order valence-corrected chi connectivity index (χ4v) is 1.49. The van der Waals surface area contributed by atoms with Crippen LogP contribution in [0.2, 0.25) is 0 Å². The van der Waals surface area contributed by atoms with Crippen molar-refractivity contribution < 1.29 is 5.11 Å². The average molecular weight is 186 g/mol. The summed E-state index contributed by atoms with van der Waals surface area (Å²) >= 11 is 1.84. The quantitative estimate of drug-likeness (QED) is 0.700. The molecule has 3 nitrogen and oxygen atoms in total. The zero-order valence-electron chi connectivity index (χ0n) is 7.23. The van der Waals surface area contributed by atoms with Gasteiger partial charge in [-0.15, -0.1) is 0 Å². The summed E-state index contributed by atoms with van der Waals surface area (Å²) in [5.41, 5.74) is 0. The molecule has 0 radical (unpaired) electrons. The van der Waals surface area contributed by atoms with Crippen molar-refractivity contribution in [3.63, 3.8) is 0 Å². The number of aryl methyl sites for hydroxylation is 1. The molecule has 1 rings (SSSR count). The highest BCUT2D eigenvalue weighted by Gasteiger charge is 1.98. The number of hydrogen-bond acceptors (Lipinski definition) is 3. The SMILES string of the molecule is CSCCCn1ccnc1CO. The standard InChI is InChI=1S/C8H14N2OS/c1-12-6-2-4-10-5-3-9-8(10)7-11/h3,5,11H,2,4,6-7H2,1H3. The lowest BCUT2D eigenvalue weighted by Gasteiger charge is -2.04. The molecule has 1 N–H and O–H groups in total. The van der Waals surface area contributed by atoms with Gasteiger partial charge in [0.15, 0.2) is 0 Å². The molecule has 1 aromatic rings. The number of rotatable bonds is 5. The van der Waals surface area contributed by atoms with Gasteiger partial charge in [0.1, 0.15) is 12.4 Å². The third kappa shape index (κ3) is 2.53. The van der Waals surface area contributed by atoms with E-state index < -0.39 is 0 Å². The number of nitrogens with zero attached hydrogens (tertiary/aromatic N) is 2. The van der Waals surface area contributed by atoms with Crippen molar-refractivity contribution in [3.8, 4) is 0 Å². The van der Waals surface area contributed by atoms with Crippen molar-refractivity contribution in [1.29, 1.82) is 0 Å². The molecular formula is C8H14N2OS. The van der Waals surface area contributed by atoms with Crippen molar-refractivity contribution >= 4 is 11.8 Å². The second kappa shape index (κ2) is 5.22. The highest BCUT2D eigenvalue weighted by Crippen LogP contribution is 2.02. The average Bonchev–Trinajstić information content (AvgIpc) is 2.52. The maximum absolute atomic E-state index is 8.88. The molecular weight excluding hydrogens is 172 g/mol. The fraction of sp³-hybridized carbons (Fsp3) is 0.625. The van der Waals surface area contributed by atoms with Crippen LogP contribution in [0, 0.1) is 0 Å². The molecule has 0 aliphatic heterocycles. The second-order valence-electron chi connectivity index (χ2n) is 2.54. The first-order valence-electron chi connectivity index (χ1n) is 3.98. The van der Waals surface area contributed by atoms with Gasteiger partial charge in [0.2, 0.25) is 0 Å². The van der Waals surface area contributed by atoms with E-state index >= 15 is 0 Å². The molecule has 68 valence electrons. The number of imidazole rings is 1. The molecule has 0 aliphatic carbocycles. The third-order valence-electron chi connectivity index (χ3n) is 1.69. The molecule has 0 unspecified atom stereocenters. The molecule has 0 atom stereocenters. The van der Waals surface area contributed by atoms with E-state index in [1.165, 1.54) is 0 Å². The van der Waals surface area contributed by atoms with Crippen molar-refractivity contribution in [1.82, 2.24) is 9.55 Å². The summed E-state index contributed by atoms with van der Waals surface area (Å²) in [5.74, 6) is 1.92. The summed E-state index contributed by atoms with van der Waals surface area (Å²) in [6.45, 7) is 0.989. The largest absolute Gasteiger partial charge is 0.388 e. The fourth-order valence-electron chi connectivity index (χ4n) is 1.07. The Kier molecular flexibility index (Phi) is 4.18. The van der Waals surface area contributed by atoms with Crippen molar-refractivity contribution in [3.05, 3.63) is 18.2 Å². The van der Waals surface area contributed by atoms with Crippen LogP contribution in [0.25, 0.3) is 0 Å². The van der Waals surface area contributed by atoms with Crippen LogP contribution in [-0.2, 0) is 13.2 Å². The molecule has 0 bridgehead atoms. The Balaban J connectivity index is 2.39. The van der Waals surface area contributed by atoms with E-state index in [9.17, 15) is 0 Å². The lowest BCUT2D eigenvalue weighted by atomic mass is 10.4. The van der Waals surface area contributed by atoms with E-state index in [4.69, 9.17) is 5.11 Å². The number of aromatic nitrogens is 2. The first-order chi connectivity index (χ1) is 5.88. The summed E-state index contributed by atoms with van der Waals surface area (Å²) in [4.78, 5) is 4.02. The van der Waals surface area contributed by atoms with Crippen LogP contribution >= 0.6 is 11.8 Å². The molecule has 0 amide bonds. The Morgan fingerprint density at radius 2 is 2.50 bits per heavy atom. The van der Waals surface area contributed by atoms with Crippen LogP contribution in [0.3, 0.4) is 0 Å². The van der Waals surface area contributed by atoms with Crippen LogP contribution in [-0.4, -0.2) is 26.7 Å². The molecule has 0 aromatic carbocycles. The maximum atomic E-state index is 8.88. The van der Waals surface area contributed by atoms with Gasteiger partial charge in [-0.05, 0) is 18.4 Å². The van der Waals surface area contributed by atoms with Gasteiger partial charge in [0.25, 0.3) is 0 Å². The summed E-state index contributed by atoms with van der Waals surface area (Å²) in [6.07, 6.45) is 6.86. The second-order valence-corrected chi connectivity index (χ2v) is 3.53. The highest BCUT2D eigenvalue weighted by atomic mass is 32.2. The zero-order chi connectivity index (χ0) is 8.81. The number of hydrogen-bond donors (Lipinski definition) is 1. The Labute approximate surface area is 76.8 Å². The summed E-state index contributed by atoms with van der Waals surface area (Å²) in [6, 6.07) is 0. The summed E-state index contributed by atoms with van der Waals surface area (Å²) < 4.78 is 2.00. The van der Waals surface area contributed by atoms with Crippen molar-refractivity contribution in [2.45, 2.75) is 19.6 Å². The zero-order valence-corrected chi connectivity index (χ0v) is 8.05. The highest BCUT2D eigenvalue weighted by molar-refractivity contribution is 7.98. The molecule has 0 saturated heterocycles. The van der Waals surface area contributed by atoms with Gasteiger partial charge in [-0.25, -0.2) is 4.98 Å². The molecule has 0 aliphatic rings. The van der Waals surface area contributed by atoms with Gasteiger partial charge < -0.3 is 9.67 Å². The van der Waals surface area contributed by atoms with Gasteiger partial charge in [-0.1, -0.05) is 0 Å². The predicted molar refractivity (Wildman–Crippen MR) is 51.1 cm³/mol. The van der Waals surface area contributed by atoms with Gasteiger partial charge in [0.05, 0.1) is 0 Å². The topological polar surface area (TPSA) is 38.0 Å². The van der Waals surface area contributed by atoms with Crippen LogP contribution in [0.4, 0.5) is 0 Å². The molecule has 1 aromatic heterocycles. The summed E-state index contributed by atoms with van der Waals surface area (Å²) in [7, 11) is 0. The third-order valence-corrected chi connectivity index (χ3v) is 2.39. The predicted octanol–water partition coefficient (Wildman–Crippen LogP) is 1.13. The van der Waals surface area contributed by atoms with Crippen molar-refractivity contribution in [2.75, 3.05) is 12.0 Å². The van der Waals surface area contributed by atoms with Crippen LogP contribution in [0.15, 0.2) is 12.4 Å². The lowest BCUT2D eigenvalue weighted by Crippen LogP contribution is -2.03. The first kappa shape index (κ1) is 9.61. The van der Waals surface area contributed by atoms with Gasteiger partial charge in [-0.3, -0.25) is 0 Å². The van der Waals surface area contributed by atoms with Gasteiger partial charge in [0, 0.05) is 18.9 Å². The van der Waals surface area contributed by atoms with Gasteiger partial charge >= 0.3 is 0 Å². The molecule has 4 heteroatoms. The van der Waals surface area contributed by atoms with Crippen LogP contribution < -0.4 is 0 Å². The Morgan fingerprint density at radius 1 is 1.67 bits per heavy atom. The van der Waals surface area contributed by atoms with E-state index in [1.807, 2.05) is 22.5 Å². The smallest absolute Gasteiger partial charge is 0.134 e. The van der Waals surface area contributed by atoms with Crippen LogP contribution in [0.1, 0.15) is 12.2 Å². The molecule has 0 saturated carbocycles. The Morgan fingerprint density at radius 3 is 3.17 bits per heavy atom. The van der Waals surface area contributed by atoms with Crippen LogP contribution in [0.5, 0.6) is 0 Å². The molecule has 1 heterocycles. The summed E-state index contributed by atoms with van der Waals surface area (Å²) in [5, 5.41) is 8.88. The Bertz CT molecular complexity index is 225. The van der Waals surface area contributed by atoms with E-state index in [0.29, 0.717) is 0 Å². The maximum Gasteiger partial charge on any atom is 0.134 e. The molecule has 0 fully saturated rings. The van der Waals surface area contributed by atoms with E-state index in [-0.39, 0.29) is 6.61 Å². The number of thioether (sulfide) groups is 1. The minimum absolute atomic E-state index is 0.0340. The van der Waals surface area contributed by atoms with E-state index in [2.05, 4.69) is 11.2 Å². The minimum atomic E-state index is 0.0340. The number of aliphatic hydroxyl groups is 1. The van der Waals surface area contributed by atoms with Gasteiger partial charge in [-0.2, -0.15) is 11.8 Å².